The van der Waals surface area contributed by atoms with Gasteiger partial charge in [-0.05, 0) is 47.5 Å². The number of carbonyl (C=O) groups is 1. The van der Waals surface area contributed by atoms with Crippen LogP contribution in [0.2, 0.25) is 0 Å². The van der Waals surface area contributed by atoms with Crippen LogP contribution >= 0.6 is 0 Å². The van der Waals surface area contributed by atoms with Gasteiger partial charge >= 0.3 is 6.09 Å². The van der Waals surface area contributed by atoms with E-state index >= 15 is 0 Å². The first-order chi connectivity index (χ1) is 7.26. The molecule has 0 rings (SSSR count). The van der Waals surface area contributed by atoms with Gasteiger partial charge in [-0.15, -0.1) is 0 Å². The van der Waals surface area contributed by atoms with E-state index in [1.165, 1.54) is 0 Å². The summed E-state index contributed by atoms with van der Waals surface area (Å²) in [5, 5.41) is 0. The second-order valence-electron chi connectivity index (χ2n) is 5.18. The molecule has 0 saturated heterocycles. The van der Waals surface area contributed by atoms with Crippen molar-refractivity contribution in [1.82, 2.24) is 4.90 Å². The van der Waals surface area contributed by atoms with Gasteiger partial charge in [0.15, 0.2) is 0 Å². The lowest BCUT2D eigenvalue weighted by Crippen LogP contribution is -2.37. The molecule has 0 heterocycles. The van der Waals surface area contributed by atoms with Gasteiger partial charge in [-0.3, -0.25) is 0 Å². The topological polar surface area (TPSA) is 55.6 Å². The first kappa shape index (κ1) is 15.2. The van der Waals surface area contributed by atoms with Gasteiger partial charge < -0.3 is 15.4 Å². The third kappa shape index (κ3) is 7.51. The summed E-state index contributed by atoms with van der Waals surface area (Å²) in [5.74, 6) is 0. The van der Waals surface area contributed by atoms with E-state index < -0.39 is 5.60 Å². The number of carbonyl (C=O) groups excluding carboxylic acids is 1. The third-order valence-electron chi connectivity index (χ3n) is 2.12. The number of hydrogen-bond donors (Lipinski definition) is 1. The smallest absolute Gasteiger partial charge is 0.410 e. The van der Waals surface area contributed by atoms with Crippen molar-refractivity contribution in [3.05, 3.63) is 0 Å². The van der Waals surface area contributed by atoms with Crippen molar-refractivity contribution in [3.8, 4) is 0 Å². The molecule has 2 N–H and O–H groups in total. The fourth-order valence-electron chi connectivity index (χ4n) is 1.31. The number of hydrogen-bond acceptors (Lipinski definition) is 3. The highest BCUT2D eigenvalue weighted by Crippen LogP contribution is 2.10. The Morgan fingerprint density at radius 1 is 1.44 bits per heavy atom. The zero-order chi connectivity index (χ0) is 12.8. The van der Waals surface area contributed by atoms with Crippen molar-refractivity contribution in [2.24, 2.45) is 5.73 Å². The average Bonchev–Trinajstić information content (AvgIpc) is 2.08. The summed E-state index contributed by atoms with van der Waals surface area (Å²) in [6.07, 6.45) is 1.61. The van der Waals surface area contributed by atoms with Crippen LogP contribution in [0.1, 0.15) is 47.5 Å². The monoisotopic (exact) mass is 230 g/mol. The van der Waals surface area contributed by atoms with Gasteiger partial charge in [0, 0.05) is 19.1 Å². The van der Waals surface area contributed by atoms with Crippen LogP contribution in [0.5, 0.6) is 0 Å². The van der Waals surface area contributed by atoms with Crippen LogP contribution in [-0.4, -0.2) is 35.7 Å². The Morgan fingerprint density at radius 3 is 2.38 bits per heavy atom. The highest BCUT2D eigenvalue weighted by molar-refractivity contribution is 5.68. The van der Waals surface area contributed by atoms with Crippen molar-refractivity contribution in [2.45, 2.75) is 59.1 Å². The zero-order valence-electron chi connectivity index (χ0n) is 11.2. The fourth-order valence-corrected chi connectivity index (χ4v) is 1.31. The molecule has 0 radical (unpaired) electrons. The molecule has 0 aliphatic carbocycles. The SMILES string of the molecule is CCN(CCC[C@H](C)N)C(=O)OC(C)(C)C. The molecule has 0 aromatic rings. The Kier molecular flexibility index (Phi) is 6.41. The number of nitrogens with zero attached hydrogens (tertiary/aromatic N) is 1. The quantitative estimate of drug-likeness (QED) is 0.789. The van der Waals surface area contributed by atoms with Crippen LogP contribution in [0.15, 0.2) is 0 Å². The van der Waals surface area contributed by atoms with E-state index in [1.54, 1.807) is 4.90 Å². The maximum Gasteiger partial charge on any atom is 0.410 e. The second kappa shape index (κ2) is 6.74. The van der Waals surface area contributed by atoms with Gasteiger partial charge in [0.25, 0.3) is 0 Å². The molecule has 4 nitrogen and oxygen atoms in total. The molecule has 0 bridgehead atoms. The van der Waals surface area contributed by atoms with E-state index in [1.807, 2.05) is 34.6 Å². The summed E-state index contributed by atoms with van der Waals surface area (Å²) in [7, 11) is 0. The van der Waals surface area contributed by atoms with E-state index in [0.29, 0.717) is 13.1 Å². The highest BCUT2D eigenvalue weighted by atomic mass is 16.6. The van der Waals surface area contributed by atoms with E-state index in [0.717, 1.165) is 12.8 Å². The van der Waals surface area contributed by atoms with Gasteiger partial charge in [-0.2, -0.15) is 0 Å². The molecular formula is C12H26N2O2. The Bertz CT molecular complexity index is 210. The first-order valence-electron chi connectivity index (χ1n) is 5.99. The predicted octanol–water partition coefficient (Wildman–Crippen LogP) is 2.37. The molecule has 0 aliphatic rings. The summed E-state index contributed by atoms with van der Waals surface area (Å²) in [4.78, 5) is 13.5. The van der Waals surface area contributed by atoms with Crippen molar-refractivity contribution >= 4 is 6.09 Å². The number of rotatable bonds is 5. The molecule has 0 aromatic carbocycles. The Hall–Kier alpha value is -0.770. The minimum atomic E-state index is -0.425. The fraction of sp³-hybridized carbons (Fsp3) is 0.917. The van der Waals surface area contributed by atoms with E-state index in [9.17, 15) is 4.79 Å². The predicted molar refractivity (Wildman–Crippen MR) is 66.4 cm³/mol. The van der Waals surface area contributed by atoms with Crippen molar-refractivity contribution in [3.63, 3.8) is 0 Å². The maximum atomic E-state index is 11.7. The molecule has 0 aliphatic heterocycles. The van der Waals surface area contributed by atoms with Crippen LogP contribution in [0.3, 0.4) is 0 Å². The zero-order valence-corrected chi connectivity index (χ0v) is 11.2. The lowest BCUT2D eigenvalue weighted by Gasteiger charge is -2.26. The van der Waals surface area contributed by atoms with Crippen molar-refractivity contribution < 1.29 is 9.53 Å². The molecule has 1 atom stereocenters. The largest absolute Gasteiger partial charge is 0.444 e. The van der Waals surface area contributed by atoms with Crippen LogP contribution in [0.25, 0.3) is 0 Å². The summed E-state index contributed by atoms with van der Waals surface area (Å²) in [6.45, 7) is 10.9. The van der Waals surface area contributed by atoms with Gasteiger partial charge in [0.05, 0.1) is 0 Å². The second-order valence-corrected chi connectivity index (χ2v) is 5.18. The molecule has 4 heteroatoms. The molecule has 0 saturated carbocycles. The minimum Gasteiger partial charge on any atom is -0.444 e. The van der Waals surface area contributed by atoms with Gasteiger partial charge in [0.1, 0.15) is 5.60 Å². The van der Waals surface area contributed by atoms with Gasteiger partial charge in [-0.1, -0.05) is 0 Å². The molecule has 0 spiro atoms. The third-order valence-corrected chi connectivity index (χ3v) is 2.12. The lowest BCUT2D eigenvalue weighted by atomic mass is 10.2. The standard InChI is InChI=1S/C12H26N2O2/c1-6-14(9-7-8-10(2)13)11(15)16-12(3,4)5/h10H,6-9,13H2,1-5H3/t10-/m0/s1. The van der Waals surface area contributed by atoms with E-state index in [2.05, 4.69) is 0 Å². The Morgan fingerprint density at radius 2 is 2.00 bits per heavy atom. The maximum absolute atomic E-state index is 11.7. The Labute approximate surface area is 99.1 Å². The lowest BCUT2D eigenvalue weighted by molar-refractivity contribution is 0.0256. The van der Waals surface area contributed by atoms with Crippen LogP contribution < -0.4 is 5.73 Å². The van der Waals surface area contributed by atoms with Crippen LogP contribution in [-0.2, 0) is 4.74 Å². The molecule has 0 unspecified atom stereocenters. The Balaban J connectivity index is 4.02. The molecule has 96 valence electrons. The summed E-state index contributed by atoms with van der Waals surface area (Å²) in [5.41, 5.74) is 5.24. The average molecular weight is 230 g/mol. The number of ether oxygens (including phenoxy) is 1. The van der Waals surface area contributed by atoms with Crippen molar-refractivity contribution in [1.29, 1.82) is 0 Å². The first-order valence-corrected chi connectivity index (χ1v) is 5.99. The molecule has 0 aromatic heterocycles. The summed E-state index contributed by atoms with van der Waals surface area (Å²) >= 11 is 0. The van der Waals surface area contributed by atoms with Gasteiger partial charge in [0.2, 0.25) is 0 Å². The number of amides is 1. The summed E-state index contributed by atoms with van der Waals surface area (Å²) in [6, 6.07) is 0.192. The van der Waals surface area contributed by atoms with Crippen LogP contribution in [0.4, 0.5) is 4.79 Å². The van der Waals surface area contributed by atoms with Crippen LogP contribution in [0, 0.1) is 0 Å². The molecule has 1 amide bonds. The van der Waals surface area contributed by atoms with Gasteiger partial charge in [-0.25, -0.2) is 4.79 Å². The summed E-state index contributed by atoms with van der Waals surface area (Å²) < 4.78 is 5.30. The molecular weight excluding hydrogens is 204 g/mol. The normalized spacial score (nSPS) is 13.4. The highest BCUT2D eigenvalue weighted by Gasteiger charge is 2.20. The minimum absolute atomic E-state index is 0.192. The molecule has 16 heavy (non-hydrogen) atoms. The number of nitrogens with two attached hydrogens (primary N) is 1. The van der Waals surface area contributed by atoms with E-state index in [-0.39, 0.29) is 12.1 Å². The van der Waals surface area contributed by atoms with Crippen molar-refractivity contribution in [2.75, 3.05) is 13.1 Å². The molecule has 0 fully saturated rings. The van der Waals surface area contributed by atoms with E-state index in [4.69, 9.17) is 10.5 Å².